The largest absolute Gasteiger partial charge is 0.444 e. The number of nitrogens with zero attached hydrogens (tertiary/aromatic N) is 3. The molecule has 2 N–H and O–H groups in total. The van der Waals surface area contributed by atoms with E-state index in [-0.39, 0.29) is 6.09 Å². The fourth-order valence-corrected chi connectivity index (χ4v) is 2.52. The van der Waals surface area contributed by atoms with Gasteiger partial charge in [0.1, 0.15) is 5.60 Å². The van der Waals surface area contributed by atoms with Crippen molar-refractivity contribution in [3.8, 4) is 0 Å². The van der Waals surface area contributed by atoms with Gasteiger partial charge in [0.15, 0.2) is 5.96 Å². The lowest BCUT2D eigenvalue weighted by atomic mass is 10.2. The number of carbonyl (C=O) groups is 1. The second kappa shape index (κ2) is 8.55. The maximum Gasteiger partial charge on any atom is 0.410 e. The quantitative estimate of drug-likeness (QED) is 0.583. The zero-order chi connectivity index (χ0) is 17.6. The summed E-state index contributed by atoms with van der Waals surface area (Å²) in [4.78, 5) is 20.8. The van der Waals surface area contributed by atoms with Gasteiger partial charge in [0.2, 0.25) is 0 Å². The fraction of sp³-hybridized carbons (Fsp3) is 0.882. The average Bonchev–Trinajstić information content (AvgIpc) is 3.30. The van der Waals surface area contributed by atoms with Gasteiger partial charge in [-0.3, -0.25) is 9.89 Å². The second-order valence-corrected chi connectivity index (χ2v) is 7.49. The zero-order valence-corrected chi connectivity index (χ0v) is 15.6. The van der Waals surface area contributed by atoms with E-state index in [1.165, 1.54) is 12.8 Å². The van der Waals surface area contributed by atoms with E-state index in [2.05, 4.69) is 27.4 Å². The standard InChI is InChI=1S/C17H33N5O2/c1-5-18-15(20-14-6-7-14)19-8-9-21-10-12-22(13-11-21)16(23)24-17(2,3)4/h14H,5-13H2,1-4H3,(H2,18,19,20). The van der Waals surface area contributed by atoms with Crippen LogP contribution in [0.3, 0.4) is 0 Å². The van der Waals surface area contributed by atoms with Gasteiger partial charge in [0, 0.05) is 45.3 Å². The lowest BCUT2D eigenvalue weighted by Gasteiger charge is -2.35. The summed E-state index contributed by atoms with van der Waals surface area (Å²) in [5.41, 5.74) is -0.430. The summed E-state index contributed by atoms with van der Waals surface area (Å²) in [6, 6.07) is 0.611. The summed E-state index contributed by atoms with van der Waals surface area (Å²) in [5, 5.41) is 6.71. The van der Waals surface area contributed by atoms with Crippen molar-refractivity contribution in [3.05, 3.63) is 0 Å². The van der Waals surface area contributed by atoms with Gasteiger partial charge >= 0.3 is 6.09 Å². The normalized spacial score (nSPS) is 20.0. The van der Waals surface area contributed by atoms with Crippen molar-refractivity contribution in [2.75, 3.05) is 45.8 Å². The molecular formula is C17H33N5O2. The Bertz CT molecular complexity index is 435. The number of piperazine rings is 1. The summed E-state index contributed by atoms with van der Waals surface area (Å²) >= 11 is 0. The third-order valence-electron chi connectivity index (χ3n) is 3.97. The molecule has 0 spiro atoms. The molecule has 7 heteroatoms. The van der Waals surface area contributed by atoms with E-state index in [4.69, 9.17) is 4.74 Å². The molecule has 1 saturated carbocycles. The molecule has 2 aliphatic rings. The van der Waals surface area contributed by atoms with Crippen LogP contribution in [0.2, 0.25) is 0 Å². The molecule has 0 aromatic carbocycles. The van der Waals surface area contributed by atoms with E-state index in [0.717, 1.165) is 51.8 Å². The molecular weight excluding hydrogens is 306 g/mol. The third-order valence-corrected chi connectivity index (χ3v) is 3.97. The van der Waals surface area contributed by atoms with Crippen molar-refractivity contribution in [2.24, 2.45) is 4.99 Å². The van der Waals surface area contributed by atoms with E-state index in [9.17, 15) is 4.79 Å². The molecule has 1 aliphatic carbocycles. The van der Waals surface area contributed by atoms with Gasteiger partial charge in [-0.1, -0.05) is 0 Å². The highest BCUT2D eigenvalue weighted by atomic mass is 16.6. The first-order chi connectivity index (χ1) is 11.4. The Labute approximate surface area is 145 Å². The molecule has 2 rings (SSSR count). The number of hydrogen-bond donors (Lipinski definition) is 2. The topological polar surface area (TPSA) is 69.2 Å². The van der Waals surface area contributed by atoms with Crippen LogP contribution in [0.4, 0.5) is 4.79 Å². The van der Waals surface area contributed by atoms with E-state index in [1.807, 2.05) is 20.8 Å². The van der Waals surface area contributed by atoms with Crippen molar-refractivity contribution in [1.29, 1.82) is 0 Å². The van der Waals surface area contributed by atoms with Gasteiger partial charge < -0.3 is 20.3 Å². The Balaban J connectivity index is 1.67. The van der Waals surface area contributed by atoms with Crippen LogP contribution in [-0.2, 0) is 4.74 Å². The predicted molar refractivity (Wildman–Crippen MR) is 96.4 cm³/mol. The lowest BCUT2D eigenvalue weighted by Crippen LogP contribution is -2.50. The highest BCUT2D eigenvalue weighted by Gasteiger charge is 2.25. The zero-order valence-electron chi connectivity index (χ0n) is 15.6. The third kappa shape index (κ3) is 6.95. The molecule has 138 valence electrons. The van der Waals surface area contributed by atoms with Gasteiger partial charge in [-0.2, -0.15) is 0 Å². The Morgan fingerprint density at radius 1 is 1.21 bits per heavy atom. The number of guanidine groups is 1. The minimum atomic E-state index is -0.430. The Morgan fingerprint density at radius 3 is 2.42 bits per heavy atom. The van der Waals surface area contributed by atoms with Gasteiger partial charge in [0.25, 0.3) is 0 Å². The van der Waals surface area contributed by atoms with Crippen molar-refractivity contribution in [2.45, 2.75) is 52.2 Å². The minimum absolute atomic E-state index is 0.205. The van der Waals surface area contributed by atoms with E-state index < -0.39 is 5.60 Å². The van der Waals surface area contributed by atoms with Crippen molar-refractivity contribution >= 4 is 12.1 Å². The van der Waals surface area contributed by atoms with Crippen molar-refractivity contribution < 1.29 is 9.53 Å². The SMILES string of the molecule is CCNC(=NCCN1CCN(C(=O)OC(C)(C)C)CC1)NC1CC1. The van der Waals surface area contributed by atoms with E-state index in [0.29, 0.717) is 6.04 Å². The van der Waals surface area contributed by atoms with Crippen LogP contribution in [-0.4, -0.2) is 79.3 Å². The maximum atomic E-state index is 12.1. The molecule has 7 nitrogen and oxygen atoms in total. The number of nitrogens with one attached hydrogen (secondary N) is 2. The molecule has 0 atom stereocenters. The smallest absolute Gasteiger partial charge is 0.410 e. The van der Waals surface area contributed by atoms with Gasteiger partial charge in [-0.05, 0) is 40.5 Å². The first kappa shape index (κ1) is 18.8. The van der Waals surface area contributed by atoms with Crippen LogP contribution in [0.5, 0.6) is 0 Å². The number of hydrogen-bond acceptors (Lipinski definition) is 4. The number of rotatable bonds is 5. The predicted octanol–water partition coefficient (Wildman–Crippen LogP) is 1.26. The Kier molecular flexibility index (Phi) is 6.71. The van der Waals surface area contributed by atoms with Crippen molar-refractivity contribution in [3.63, 3.8) is 0 Å². The summed E-state index contributed by atoms with van der Waals surface area (Å²) < 4.78 is 5.42. The maximum absolute atomic E-state index is 12.1. The minimum Gasteiger partial charge on any atom is -0.444 e. The summed E-state index contributed by atoms with van der Waals surface area (Å²) in [6.07, 6.45) is 2.29. The highest BCUT2D eigenvalue weighted by Crippen LogP contribution is 2.18. The summed E-state index contributed by atoms with van der Waals surface area (Å²) in [7, 11) is 0. The lowest BCUT2D eigenvalue weighted by molar-refractivity contribution is 0.0148. The van der Waals surface area contributed by atoms with E-state index >= 15 is 0 Å². The molecule has 1 saturated heterocycles. The Morgan fingerprint density at radius 2 is 1.88 bits per heavy atom. The van der Waals surface area contributed by atoms with Crippen LogP contribution in [0.25, 0.3) is 0 Å². The molecule has 0 bridgehead atoms. The van der Waals surface area contributed by atoms with Gasteiger partial charge in [-0.15, -0.1) is 0 Å². The second-order valence-electron chi connectivity index (χ2n) is 7.49. The van der Waals surface area contributed by atoms with Crippen LogP contribution in [0.15, 0.2) is 4.99 Å². The van der Waals surface area contributed by atoms with Crippen LogP contribution >= 0.6 is 0 Å². The molecule has 0 aromatic heterocycles. The summed E-state index contributed by atoms with van der Waals surface area (Å²) in [5.74, 6) is 0.924. The number of amides is 1. The molecule has 0 unspecified atom stereocenters. The highest BCUT2D eigenvalue weighted by molar-refractivity contribution is 5.80. The molecule has 0 aromatic rings. The molecule has 1 amide bonds. The van der Waals surface area contributed by atoms with Gasteiger partial charge in [-0.25, -0.2) is 4.79 Å². The molecule has 0 radical (unpaired) electrons. The molecule has 1 aliphatic heterocycles. The fourth-order valence-electron chi connectivity index (χ4n) is 2.52. The van der Waals surface area contributed by atoms with Crippen LogP contribution in [0.1, 0.15) is 40.5 Å². The van der Waals surface area contributed by atoms with Crippen molar-refractivity contribution in [1.82, 2.24) is 20.4 Å². The number of carbonyl (C=O) groups excluding carboxylic acids is 1. The number of aliphatic imine (C=N–C) groups is 1. The van der Waals surface area contributed by atoms with E-state index in [1.54, 1.807) is 4.90 Å². The van der Waals surface area contributed by atoms with Crippen LogP contribution in [0, 0.1) is 0 Å². The average molecular weight is 339 g/mol. The number of ether oxygens (including phenoxy) is 1. The molecule has 24 heavy (non-hydrogen) atoms. The van der Waals surface area contributed by atoms with Crippen LogP contribution < -0.4 is 10.6 Å². The first-order valence-electron chi connectivity index (χ1n) is 9.12. The summed E-state index contributed by atoms with van der Waals surface area (Å²) in [6.45, 7) is 13.6. The Hall–Kier alpha value is -1.50. The monoisotopic (exact) mass is 339 g/mol. The first-order valence-corrected chi connectivity index (χ1v) is 9.12. The van der Waals surface area contributed by atoms with Gasteiger partial charge in [0.05, 0.1) is 6.54 Å². The molecule has 2 fully saturated rings. The molecule has 1 heterocycles.